The number of primary amides is 1. The van der Waals surface area contributed by atoms with Crippen molar-refractivity contribution in [3.8, 4) is 0 Å². The minimum Gasteiger partial charge on any atom is -0.495 e. The van der Waals surface area contributed by atoms with Crippen molar-refractivity contribution in [3.05, 3.63) is 59.5 Å². The third-order valence-corrected chi connectivity index (χ3v) is 5.28. The molecule has 1 fully saturated rings. The highest BCUT2D eigenvalue weighted by atomic mass is 16.5. The first-order valence-electron chi connectivity index (χ1n) is 8.76. The Balaban J connectivity index is 2.11. The van der Waals surface area contributed by atoms with Crippen LogP contribution in [-0.2, 0) is 9.53 Å². The van der Waals surface area contributed by atoms with Gasteiger partial charge in [0.1, 0.15) is 11.8 Å². The van der Waals surface area contributed by atoms with E-state index in [1.54, 1.807) is 12.0 Å². The number of carbonyl (C=O) groups is 2. The van der Waals surface area contributed by atoms with E-state index in [4.69, 9.17) is 10.5 Å². The molecule has 1 aromatic carbocycles. The van der Waals surface area contributed by atoms with E-state index in [2.05, 4.69) is 12.2 Å². The number of hydrogen-bond donors (Lipinski definition) is 2. The lowest BCUT2D eigenvalue weighted by molar-refractivity contribution is -0.138. The van der Waals surface area contributed by atoms with Gasteiger partial charge in [-0.3, -0.25) is 4.79 Å². The summed E-state index contributed by atoms with van der Waals surface area (Å²) >= 11 is 0. The molecule has 1 unspecified atom stereocenters. The molecule has 0 radical (unpaired) electrons. The summed E-state index contributed by atoms with van der Waals surface area (Å²) in [6, 6.07) is 8.28. The van der Waals surface area contributed by atoms with Crippen LogP contribution in [0.4, 0.5) is 4.79 Å². The van der Waals surface area contributed by atoms with Gasteiger partial charge in [-0.15, -0.1) is 0 Å². The number of methoxy groups -OCH3 is 1. The van der Waals surface area contributed by atoms with Crippen LogP contribution >= 0.6 is 0 Å². The Labute approximate surface area is 153 Å². The summed E-state index contributed by atoms with van der Waals surface area (Å²) in [6.07, 6.45) is 5.21. The summed E-state index contributed by atoms with van der Waals surface area (Å²) in [5.41, 5.74) is 6.86. The Kier molecular flexibility index (Phi) is 4.76. The van der Waals surface area contributed by atoms with Gasteiger partial charge >= 0.3 is 6.03 Å². The van der Waals surface area contributed by atoms with Gasteiger partial charge in [0.15, 0.2) is 0 Å². The second kappa shape index (κ2) is 6.86. The van der Waals surface area contributed by atoms with Crippen molar-refractivity contribution in [2.45, 2.75) is 38.8 Å². The van der Waals surface area contributed by atoms with Crippen molar-refractivity contribution < 1.29 is 14.3 Å². The molecule has 3 rings (SSSR count). The van der Waals surface area contributed by atoms with Gasteiger partial charge in [0.2, 0.25) is 5.91 Å². The van der Waals surface area contributed by atoms with Crippen LogP contribution in [0.2, 0.25) is 0 Å². The highest BCUT2D eigenvalue weighted by molar-refractivity contribution is 5.89. The number of fused-ring (bicyclic) bond motifs is 1. The van der Waals surface area contributed by atoms with E-state index >= 15 is 0 Å². The fourth-order valence-corrected chi connectivity index (χ4v) is 4.02. The van der Waals surface area contributed by atoms with Gasteiger partial charge in [-0.1, -0.05) is 43.3 Å². The molecule has 3 atom stereocenters. The second-order valence-electron chi connectivity index (χ2n) is 7.14. The monoisotopic (exact) mass is 355 g/mol. The molecule has 0 spiro atoms. The molecule has 0 saturated carbocycles. The zero-order valence-electron chi connectivity index (χ0n) is 15.4. The van der Waals surface area contributed by atoms with Crippen molar-refractivity contribution >= 4 is 11.9 Å². The number of rotatable bonds is 4. The number of ether oxygens (including phenoxy) is 1. The molecule has 138 valence electrons. The Hall–Kier alpha value is -2.76. The molecule has 1 aliphatic heterocycles. The van der Waals surface area contributed by atoms with Gasteiger partial charge in [0.25, 0.3) is 0 Å². The molecule has 0 aromatic heterocycles. The number of carbonyl (C=O) groups excluding carboxylic acids is 2. The number of urea groups is 1. The van der Waals surface area contributed by atoms with Gasteiger partial charge in [0, 0.05) is 5.41 Å². The van der Waals surface area contributed by atoms with E-state index < -0.39 is 12.1 Å². The lowest BCUT2D eigenvalue weighted by atomic mass is 9.70. The smallest absolute Gasteiger partial charge is 0.312 e. The highest BCUT2D eigenvalue weighted by Crippen LogP contribution is 2.49. The van der Waals surface area contributed by atoms with Crippen molar-refractivity contribution in [2.24, 2.45) is 11.1 Å². The lowest BCUT2D eigenvalue weighted by Crippen LogP contribution is -2.58. The predicted octanol–water partition coefficient (Wildman–Crippen LogP) is 2.84. The van der Waals surface area contributed by atoms with Gasteiger partial charge < -0.3 is 20.7 Å². The van der Waals surface area contributed by atoms with Crippen molar-refractivity contribution in [3.63, 3.8) is 0 Å². The van der Waals surface area contributed by atoms with Crippen molar-refractivity contribution in [1.29, 1.82) is 0 Å². The number of nitrogens with two attached hydrogens (primary N) is 1. The first-order chi connectivity index (χ1) is 12.4. The maximum absolute atomic E-state index is 13.3. The van der Waals surface area contributed by atoms with Crippen LogP contribution in [0.25, 0.3) is 0 Å². The van der Waals surface area contributed by atoms with Crippen molar-refractivity contribution in [2.75, 3.05) is 7.11 Å². The molecule has 1 heterocycles. The molecule has 26 heavy (non-hydrogen) atoms. The maximum Gasteiger partial charge on any atom is 0.312 e. The lowest BCUT2D eigenvalue weighted by Gasteiger charge is -2.49. The molecule has 1 aromatic rings. The first kappa shape index (κ1) is 18.0. The van der Waals surface area contributed by atoms with Crippen LogP contribution < -0.4 is 11.1 Å². The quantitative estimate of drug-likeness (QED) is 0.871. The summed E-state index contributed by atoms with van der Waals surface area (Å²) in [5, 5.41) is 2.62. The minimum absolute atomic E-state index is 0.169. The molecule has 3 N–H and O–H groups in total. The number of piperidine rings is 1. The van der Waals surface area contributed by atoms with E-state index in [0.717, 1.165) is 17.7 Å². The molecule has 6 nitrogen and oxygen atoms in total. The molecule has 1 aliphatic carbocycles. The average Bonchev–Trinajstić information content (AvgIpc) is 2.62. The second-order valence-corrected chi connectivity index (χ2v) is 7.14. The third kappa shape index (κ3) is 3.07. The topological polar surface area (TPSA) is 84.7 Å². The Morgan fingerprint density at radius 3 is 2.69 bits per heavy atom. The minimum atomic E-state index is -0.690. The van der Waals surface area contributed by atoms with Crippen LogP contribution in [0.5, 0.6) is 0 Å². The fourth-order valence-electron chi connectivity index (χ4n) is 4.02. The van der Waals surface area contributed by atoms with Crippen LogP contribution in [0, 0.1) is 5.41 Å². The number of nitrogens with zero attached hydrogens (tertiary/aromatic N) is 1. The fraction of sp³-hybridized carbons (Fsp3) is 0.400. The highest BCUT2D eigenvalue weighted by Gasteiger charge is 2.49. The van der Waals surface area contributed by atoms with E-state index in [0.29, 0.717) is 12.2 Å². The van der Waals surface area contributed by atoms with Crippen LogP contribution in [0.3, 0.4) is 0 Å². The first-order valence-corrected chi connectivity index (χ1v) is 8.76. The Morgan fingerprint density at radius 2 is 2.08 bits per heavy atom. The van der Waals surface area contributed by atoms with E-state index in [9.17, 15) is 9.59 Å². The predicted molar refractivity (Wildman–Crippen MR) is 98.7 cm³/mol. The number of benzene rings is 1. The van der Waals surface area contributed by atoms with Gasteiger partial charge in [-0.25, -0.2) is 4.79 Å². The third-order valence-electron chi connectivity index (χ3n) is 5.28. The zero-order chi connectivity index (χ0) is 18.9. The molecule has 3 amide bonds. The molecular formula is C20H25N3O3. The SMILES string of the molecule is COC1=C2N([C@@H](C)c3ccccc3)C(=O)[C@H](NC(N)=O)CC2(C)CC=C1. The standard InChI is InChI=1S/C20H25N3O3/c1-13(14-8-5-4-6-9-14)23-17-16(26-3)10-7-11-20(17,2)12-15(18(23)24)22-19(21)25/h4-10,13,15H,11-12H2,1-3H3,(H3,21,22,25)/t13-,15+,20?/m0/s1. The van der Waals surface area contributed by atoms with Gasteiger partial charge in [0.05, 0.1) is 18.8 Å². The summed E-state index contributed by atoms with van der Waals surface area (Å²) in [7, 11) is 1.61. The van der Waals surface area contributed by atoms with Crippen LogP contribution in [-0.4, -0.2) is 30.0 Å². The Morgan fingerprint density at radius 1 is 1.38 bits per heavy atom. The summed E-state index contributed by atoms with van der Waals surface area (Å²) < 4.78 is 5.59. The Bertz CT molecular complexity index is 772. The summed E-state index contributed by atoms with van der Waals surface area (Å²) in [4.78, 5) is 26.5. The number of likely N-dealkylation sites (tertiary alicyclic amines) is 1. The molecule has 2 aliphatic rings. The molecule has 1 saturated heterocycles. The number of hydrogen-bond acceptors (Lipinski definition) is 3. The van der Waals surface area contributed by atoms with Crippen molar-refractivity contribution in [1.82, 2.24) is 10.2 Å². The molecule has 6 heteroatoms. The summed E-state index contributed by atoms with van der Waals surface area (Å²) in [5.74, 6) is 0.518. The van der Waals surface area contributed by atoms with E-state index in [1.807, 2.05) is 49.4 Å². The number of nitrogens with one attached hydrogen (secondary N) is 1. The van der Waals surface area contributed by atoms with Crippen LogP contribution in [0.1, 0.15) is 38.3 Å². The van der Waals surface area contributed by atoms with E-state index in [1.165, 1.54) is 0 Å². The largest absolute Gasteiger partial charge is 0.495 e. The molecular weight excluding hydrogens is 330 g/mol. The summed E-state index contributed by atoms with van der Waals surface area (Å²) in [6.45, 7) is 4.08. The number of allylic oxidation sites excluding steroid dienone is 3. The number of amides is 3. The molecule has 0 bridgehead atoms. The van der Waals surface area contributed by atoms with Gasteiger partial charge in [-0.2, -0.15) is 0 Å². The average molecular weight is 355 g/mol. The van der Waals surface area contributed by atoms with Gasteiger partial charge in [-0.05, 0) is 31.4 Å². The van der Waals surface area contributed by atoms with Crippen LogP contribution in [0.15, 0.2) is 53.9 Å². The normalized spacial score (nSPS) is 26.3. The maximum atomic E-state index is 13.3. The van der Waals surface area contributed by atoms with E-state index in [-0.39, 0.29) is 17.4 Å². The zero-order valence-corrected chi connectivity index (χ0v) is 15.4.